The first-order chi connectivity index (χ1) is 7.01. The zero-order chi connectivity index (χ0) is 11.8. The van der Waals surface area contributed by atoms with E-state index in [4.69, 9.17) is 4.74 Å². The first-order valence-corrected chi connectivity index (χ1v) is 12.2. The van der Waals surface area contributed by atoms with Gasteiger partial charge in [-0.05, 0) is 64.7 Å². The molecule has 0 aliphatic heterocycles. The standard InChI is InChI=1S/C8H8BrFO.Br3P/c1-11-8-3-2-7(10)4-6(8)5-9;1-4(2)3/h2-4H,5H2,1H3;. The molecule has 7 heteroatoms. The summed E-state index contributed by atoms with van der Waals surface area (Å²) in [7, 11) is 1.57. The molecule has 0 aromatic heterocycles. The fourth-order valence-electron chi connectivity index (χ4n) is 0.852. The predicted octanol–water partition coefficient (Wildman–Crippen LogP) is 6.13. The summed E-state index contributed by atoms with van der Waals surface area (Å²) in [5, 5.41) is 0.605. The Morgan fingerprint density at radius 2 is 1.87 bits per heavy atom. The lowest BCUT2D eigenvalue weighted by Crippen LogP contribution is -1.89. The van der Waals surface area contributed by atoms with Crippen molar-refractivity contribution < 1.29 is 9.13 Å². The molecule has 0 unspecified atom stereocenters. The second-order valence-corrected chi connectivity index (χ2v) is 18.2. The number of alkyl halides is 1. The van der Waals surface area contributed by atoms with Gasteiger partial charge in [-0.2, -0.15) is 0 Å². The highest BCUT2D eigenvalue weighted by molar-refractivity contribution is 9.93. The molecule has 0 N–H and O–H groups in total. The third kappa shape index (κ3) is 8.08. The van der Waals surface area contributed by atoms with Gasteiger partial charge in [-0.15, -0.1) is 0 Å². The van der Waals surface area contributed by atoms with E-state index in [1.807, 2.05) is 0 Å². The van der Waals surface area contributed by atoms with Crippen LogP contribution in [-0.4, -0.2) is 7.11 Å². The monoisotopic (exact) mass is 486 g/mol. The van der Waals surface area contributed by atoms with E-state index >= 15 is 0 Å². The summed E-state index contributed by atoms with van der Waals surface area (Å²) < 4.78 is 17.4. The van der Waals surface area contributed by atoms with E-state index in [0.717, 1.165) is 5.56 Å². The maximum absolute atomic E-state index is 12.6. The van der Waals surface area contributed by atoms with E-state index in [-0.39, 0.29) is 9.85 Å². The molecule has 0 spiro atoms. The van der Waals surface area contributed by atoms with Crippen LogP contribution in [0, 0.1) is 5.82 Å². The zero-order valence-electron chi connectivity index (χ0n) is 7.68. The summed E-state index contributed by atoms with van der Waals surface area (Å²) >= 11 is 12.7. The highest BCUT2D eigenvalue weighted by atomic mass is 80.0. The van der Waals surface area contributed by atoms with E-state index in [1.165, 1.54) is 12.1 Å². The largest absolute Gasteiger partial charge is 0.496 e. The minimum absolute atomic E-state index is 0.183. The molecule has 86 valence electrons. The average molecular weight is 490 g/mol. The van der Waals surface area contributed by atoms with Gasteiger partial charge in [-0.1, -0.05) is 15.9 Å². The van der Waals surface area contributed by atoms with E-state index in [0.29, 0.717) is 11.1 Å². The van der Waals surface area contributed by atoms with Gasteiger partial charge >= 0.3 is 0 Å². The minimum Gasteiger partial charge on any atom is -0.496 e. The number of ether oxygens (including phenoxy) is 1. The van der Waals surface area contributed by atoms with Crippen LogP contribution in [0.1, 0.15) is 5.56 Å². The molecule has 0 radical (unpaired) electrons. The maximum atomic E-state index is 12.6. The maximum Gasteiger partial charge on any atom is 0.123 e. The number of hydrogen-bond donors (Lipinski definition) is 0. The Morgan fingerprint density at radius 1 is 1.33 bits per heavy atom. The molecule has 0 saturated heterocycles. The van der Waals surface area contributed by atoms with Crippen LogP contribution in [0.5, 0.6) is 5.75 Å². The number of rotatable bonds is 2. The first kappa shape index (κ1) is 16.3. The summed E-state index contributed by atoms with van der Waals surface area (Å²) in [5.74, 6) is 0.475. The second kappa shape index (κ2) is 9.34. The van der Waals surface area contributed by atoms with Gasteiger partial charge in [-0.25, -0.2) is 4.39 Å². The molecule has 0 bridgehead atoms. The van der Waals surface area contributed by atoms with Crippen molar-refractivity contribution in [1.29, 1.82) is 0 Å². The summed E-state index contributed by atoms with van der Waals surface area (Å²) in [5.41, 5.74) is 0.826. The van der Waals surface area contributed by atoms with Gasteiger partial charge in [0.1, 0.15) is 15.6 Å². The molecular formula is C8H8Br4FOP. The summed E-state index contributed by atoms with van der Waals surface area (Å²) in [6, 6.07) is 4.45. The van der Waals surface area contributed by atoms with Gasteiger partial charge in [0.15, 0.2) is 0 Å². The third-order valence-electron chi connectivity index (χ3n) is 1.39. The highest BCUT2D eigenvalue weighted by Crippen LogP contribution is 2.59. The van der Waals surface area contributed by atoms with Crippen molar-refractivity contribution in [1.82, 2.24) is 0 Å². The number of methoxy groups -OCH3 is 1. The molecule has 1 nitrogen and oxygen atoms in total. The number of hydrogen-bond acceptors (Lipinski definition) is 1. The highest BCUT2D eigenvalue weighted by Gasteiger charge is 2.01. The van der Waals surface area contributed by atoms with Crippen LogP contribution in [0.4, 0.5) is 4.39 Å². The van der Waals surface area contributed by atoms with Gasteiger partial charge in [0.25, 0.3) is 0 Å². The van der Waals surface area contributed by atoms with Gasteiger partial charge < -0.3 is 4.74 Å². The van der Waals surface area contributed by atoms with Crippen LogP contribution < -0.4 is 4.74 Å². The smallest absolute Gasteiger partial charge is 0.123 e. The van der Waals surface area contributed by atoms with Crippen LogP contribution in [0.15, 0.2) is 18.2 Å². The molecule has 0 aliphatic rings. The van der Waals surface area contributed by atoms with Crippen molar-refractivity contribution in [2.24, 2.45) is 0 Å². The Morgan fingerprint density at radius 3 is 2.27 bits per heavy atom. The lowest BCUT2D eigenvalue weighted by molar-refractivity contribution is 0.410. The molecule has 0 aliphatic carbocycles. The molecule has 0 amide bonds. The number of halogens is 5. The Bertz CT molecular complexity index is 295. The molecule has 15 heavy (non-hydrogen) atoms. The van der Waals surface area contributed by atoms with E-state index in [1.54, 1.807) is 13.2 Å². The van der Waals surface area contributed by atoms with Crippen molar-refractivity contribution >= 4 is 66.4 Å². The SMILES string of the molecule is BrP(Br)Br.COc1ccc(F)cc1CBr. The molecule has 0 heterocycles. The molecule has 0 fully saturated rings. The Kier molecular flexibility index (Phi) is 10.2. The van der Waals surface area contributed by atoms with Crippen LogP contribution in [0.25, 0.3) is 0 Å². The van der Waals surface area contributed by atoms with E-state index < -0.39 is 0 Å². The predicted molar refractivity (Wildman–Crippen MR) is 79.3 cm³/mol. The van der Waals surface area contributed by atoms with Gasteiger partial charge in [0.2, 0.25) is 0 Å². The molecule has 1 aromatic carbocycles. The first-order valence-electron chi connectivity index (χ1n) is 3.67. The fraction of sp³-hybridized carbons (Fsp3) is 0.250. The van der Waals surface area contributed by atoms with Crippen molar-refractivity contribution in [3.63, 3.8) is 0 Å². The Labute approximate surface area is 122 Å². The lowest BCUT2D eigenvalue weighted by Gasteiger charge is -2.04. The van der Waals surface area contributed by atoms with Crippen LogP contribution in [0.2, 0.25) is 0 Å². The lowest BCUT2D eigenvalue weighted by atomic mass is 10.2. The van der Waals surface area contributed by atoms with E-state index in [2.05, 4.69) is 62.4 Å². The van der Waals surface area contributed by atoms with Crippen molar-refractivity contribution in [2.75, 3.05) is 7.11 Å². The topological polar surface area (TPSA) is 9.23 Å². The third-order valence-corrected chi connectivity index (χ3v) is 1.99. The molecule has 1 aromatic rings. The Balaban J connectivity index is 0.000000423. The molecule has 0 saturated carbocycles. The molecule has 0 atom stereocenters. The average Bonchev–Trinajstić information content (AvgIpc) is 2.16. The number of benzene rings is 1. The van der Waals surface area contributed by atoms with Crippen LogP contribution in [0.3, 0.4) is 0 Å². The van der Waals surface area contributed by atoms with Gasteiger partial charge in [0, 0.05) is 10.9 Å². The van der Waals surface area contributed by atoms with Crippen molar-refractivity contribution in [2.45, 2.75) is 5.33 Å². The van der Waals surface area contributed by atoms with Gasteiger partial charge in [0.05, 0.1) is 7.11 Å². The second-order valence-electron chi connectivity index (χ2n) is 2.28. The fourth-order valence-corrected chi connectivity index (χ4v) is 1.29. The minimum atomic E-state index is -0.236. The van der Waals surface area contributed by atoms with Crippen molar-refractivity contribution in [3.05, 3.63) is 29.6 Å². The normalized spacial score (nSPS) is 9.53. The molecular weight excluding hydrogens is 482 g/mol. The quantitative estimate of drug-likeness (QED) is 0.359. The zero-order valence-corrected chi connectivity index (χ0v) is 14.9. The van der Waals surface area contributed by atoms with E-state index in [9.17, 15) is 4.39 Å². The Hall–Kier alpha value is 1.30. The van der Waals surface area contributed by atoms with Gasteiger partial charge in [-0.3, -0.25) is 0 Å². The van der Waals surface area contributed by atoms with Crippen molar-refractivity contribution in [3.8, 4) is 5.75 Å². The molecule has 1 rings (SSSR count). The van der Waals surface area contributed by atoms with Crippen LogP contribution >= 0.6 is 66.4 Å². The summed E-state index contributed by atoms with van der Waals surface area (Å²) in [6.07, 6.45) is 0. The summed E-state index contributed by atoms with van der Waals surface area (Å²) in [4.78, 5) is 0. The van der Waals surface area contributed by atoms with Crippen LogP contribution in [-0.2, 0) is 5.33 Å². The summed E-state index contributed by atoms with van der Waals surface area (Å²) in [6.45, 7) is 0.